The molecule has 0 saturated heterocycles. The molecule has 5 heteroatoms. The second kappa shape index (κ2) is 7.13. The van der Waals surface area contributed by atoms with E-state index in [1.54, 1.807) is 0 Å². The average Bonchev–Trinajstić information content (AvgIpc) is 2.49. The predicted octanol–water partition coefficient (Wildman–Crippen LogP) is 2.00. The maximum absolute atomic E-state index is 8.47. The van der Waals surface area contributed by atoms with Gasteiger partial charge in [-0.15, -0.1) is 0 Å². The zero-order valence-electron chi connectivity index (χ0n) is 13.3. The van der Waals surface area contributed by atoms with E-state index in [0.717, 1.165) is 5.56 Å². The monoisotopic (exact) mass is 301 g/mol. The molecule has 2 aromatic rings. The van der Waals surface area contributed by atoms with Crippen molar-refractivity contribution in [1.82, 2.24) is 0 Å². The van der Waals surface area contributed by atoms with Gasteiger partial charge in [0.15, 0.2) is 24.8 Å². The Labute approximate surface area is 131 Å². The van der Waals surface area contributed by atoms with Crippen LogP contribution in [-0.2, 0) is 23.6 Å². The molecular formula is C17H23N3O2+2. The number of hydrogen-bond acceptors (Lipinski definition) is 3. The molecule has 0 spiro atoms. The van der Waals surface area contributed by atoms with Gasteiger partial charge in [-0.2, -0.15) is 9.13 Å². The number of oxime groups is 1. The van der Waals surface area contributed by atoms with Crippen LogP contribution in [0.3, 0.4) is 0 Å². The van der Waals surface area contributed by atoms with Gasteiger partial charge in [0.1, 0.15) is 0 Å². The van der Waals surface area contributed by atoms with Crippen molar-refractivity contribution in [2.24, 2.45) is 5.16 Å². The third-order valence-electron chi connectivity index (χ3n) is 3.33. The third kappa shape index (κ3) is 4.63. The van der Waals surface area contributed by atoms with Crippen LogP contribution in [0.5, 0.6) is 0 Å². The molecule has 0 unspecified atom stereocenters. The van der Waals surface area contributed by atoms with Crippen molar-refractivity contribution >= 4 is 6.21 Å². The van der Waals surface area contributed by atoms with Crippen LogP contribution < -0.4 is 9.13 Å². The molecule has 0 aromatic carbocycles. The van der Waals surface area contributed by atoms with Crippen molar-refractivity contribution in [3.8, 4) is 0 Å². The maximum Gasteiger partial charge on any atom is 0.257 e. The molecule has 22 heavy (non-hydrogen) atoms. The molecule has 0 aliphatic carbocycles. The van der Waals surface area contributed by atoms with E-state index in [0.29, 0.717) is 13.5 Å². The first-order chi connectivity index (χ1) is 10.5. The molecule has 5 nitrogen and oxygen atoms in total. The predicted molar refractivity (Wildman–Crippen MR) is 82.4 cm³/mol. The van der Waals surface area contributed by atoms with Gasteiger partial charge in [0.05, 0.1) is 6.21 Å². The zero-order chi connectivity index (χ0) is 16.0. The lowest BCUT2D eigenvalue weighted by atomic mass is 9.88. The van der Waals surface area contributed by atoms with Gasteiger partial charge in [-0.3, -0.25) is 4.74 Å². The van der Waals surface area contributed by atoms with Gasteiger partial charge in [-0.05, 0) is 11.5 Å². The highest BCUT2D eigenvalue weighted by molar-refractivity contribution is 5.78. The van der Waals surface area contributed by atoms with Crippen molar-refractivity contribution < 1.29 is 19.1 Å². The van der Waals surface area contributed by atoms with Gasteiger partial charge >= 0.3 is 0 Å². The maximum atomic E-state index is 8.47. The molecule has 1 N–H and O–H groups in total. The summed E-state index contributed by atoms with van der Waals surface area (Å²) in [6.45, 7) is 7.54. The van der Waals surface area contributed by atoms with E-state index in [1.165, 1.54) is 11.8 Å². The van der Waals surface area contributed by atoms with Gasteiger partial charge in [0.2, 0.25) is 0 Å². The molecule has 0 radical (unpaired) electrons. The molecule has 0 fully saturated rings. The van der Waals surface area contributed by atoms with E-state index in [1.807, 2.05) is 45.9 Å². The summed E-state index contributed by atoms with van der Waals surface area (Å²) in [5.74, 6) is 0. The molecule has 0 bridgehead atoms. The summed E-state index contributed by atoms with van der Waals surface area (Å²) in [7, 11) is 0. The minimum Gasteiger partial charge on any atom is -0.411 e. The number of aromatic nitrogens is 2. The Morgan fingerprint density at radius 2 is 1.77 bits per heavy atom. The highest BCUT2D eigenvalue weighted by Gasteiger charge is 2.17. The van der Waals surface area contributed by atoms with E-state index in [4.69, 9.17) is 9.94 Å². The highest BCUT2D eigenvalue weighted by atomic mass is 16.5. The van der Waals surface area contributed by atoms with Crippen molar-refractivity contribution in [1.29, 1.82) is 0 Å². The minimum absolute atomic E-state index is 0.127. The van der Waals surface area contributed by atoms with Crippen LogP contribution in [0, 0.1) is 0 Å². The standard InChI is InChI=1S/C17H22N3O2/c1-17(2,3)16-5-4-8-20(12-16)14-22-13-19-9-6-15(7-10-19)11-18-21/h4-12H,13-14H2,1-3H3/q+1/p+1. The Morgan fingerprint density at radius 3 is 2.41 bits per heavy atom. The van der Waals surface area contributed by atoms with Crippen molar-refractivity contribution in [2.45, 2.75) is 39.6 Å². The molecular weight excluding hydrogens is 278 g/mol. The first-order valence-electron chi connectivity index (χ1n) is 7.23. The van der Waals surface area contributed by atoms with Crippen LogP contribution in [0.25, 0.3) is 0 Å². The Balaban J connectivity index is 1.91. The summed E-state index contributed by atoms with van der Waals surface area (Å²) in [4.78, 5) is 0. The second-order valence-electron chi connectivity index (χ2n) is 6.21. The quantitative estimate of drug-likeness (QED) is 0.397. The van der Waals surface area contributed by atoms with E-state index in [9.17, 15) is 0 Å². The summed E-state index contributed by atoms with van der Waals surface area (Å²) in [6, 6.07) is 7.89. The van der Waals surface area contributed by atoms with Crippen LogP contribution in [0.1, 0.15) is 31.9 Å². The molecule has 0 amide bonds. The van der Waals surface area contributed by atoms with Crippen molar-refractivity contribution in [2.75, 3.05) is 0 Å². The van der Waals surface area contributed by atoms with E-state index in [-0.39, 0.29) is 5.41 Å². The Kier molecular flexibility index (Phi) is 5.22. The lowest BCUT2D eigenvalue weighted by Gasteiger charge is -2.16. The molecule has 0 aliphatic heterocycles. The molecule has 0 saturated carbocycles. The summed E-state index contributed by atoms with van der Waals surface area (Å²) >= 11 is 0. The fourth-order valence-corrected chi connectivity index (χ4v) is 2.01. The van der Waals surface area contributed by atoms with E-state index >= 15 is 0 Å². The Morgan fingerprint density at radius 1 is 1.09 bits per heavy atom. The summed E-state index contributed by atoms with van der Waals surface area (Å²) < 4.78 is 9.67. The number of rotatable bonds is 5. The van der Waals surface area contributed by atoms with Crippen LogP contribution in [0.4, 0.5) is 0 Å². The molecule has 2 rings (SSSR count). The van der Waals surface area contributed by atoms with Gasteiger partial charge in [-0.25, -0.2) is 0 Å². The molecule has 2 aromatic heterocycles. The van der Waals surface area contributed by atoms with Crippen molar-refractivity contribution in [3.05, 3.63) is 60.2 Å². The summed E-state index contributed by atoms with van der Waals surface area (Å²) in [5.41, 5.74) is 2.24. The van der Waals surface area contributed by atoms with Crippen LogP contribution >= 0.6 is 0 Å². The summed E-state index contributed by atoms with van der Waals surface area (Å²) in [5, 5.41) is 11.5. The Bertz CT molecular complexity index is 631. The number of pyridine rings is 2. The molecule has 116 valence electrons. The molecule has 0 aliphatic rings. The highest BCUT2D eigenvalue weighted by Crippen LogP contribution is 2.19. The van der Waals surface area contributed by atoms with Crippen molar-refractivity contribution in [3.63, 3.8) is 0 Å². The number of ether oxygens (including phenoxy) is 1. The molecule has 0 atom stereocenters. The van der Waals surface area contributed by atoms with Crippen LogP contribution in [-0.4, -0.2) is 11.4 Å². The lowest BCUT2D eigenvalue weighted by molar-refractivity contribution is -0.788. The number of nitrogens with zero attached hydrogens (tertiary/aromatic N) is 3. The smallest absolute Gasteiger partial charge is 0.257 e. The largest absolute Gasteiger partial charge is 0.411 e. The topological polar surface area (TPSA) is 49.6 Å². The first-order valence-corrected chi connectivity index (χ1v) is 7.23. The SMILES string of the molecule is CC(C)(C)c1ccc[n+](COC[n+]2ccc(C=NO)cc2)c1. The van der Waals surface area contributed by atoms with Gasteiger partial charge in [0.25, 0.3) is 13.5 Å². The van der Waals surface area contributed by atoms with Gasteiger partial charge in [-0.1, -0.05) is 25.9 Å². The van der Waals surface area contributed by atoms with Crippen LogP contribution in [0.2, 0.25) is 0 Å². The first kappa shape index (κ1) is 16.1. The van der Waals surface area contributed by atoms with E-state index in [2.05, 4.69) is 38.2 Å². The number of hydrogen-bond donors (Lipinski definition) is 1. The van der Waals surface area contributed by atoms with E-state index < -0.39 is 0 Å². The normalized spacial score (nSPS) is 12.0. The zero-order valence-corrected chi connectivity index (χ0v) is 13.3. The fraction of sp³-hybridized carbons (Fsp3) is 0.353. The summed E-state index contributed by atoms with van der Waals surface area (Å²) in [6.07, 6.45) is 9.27. The third-order valence-corrected chi connectivity index (χ3v) is 3.33. The second-order valence-corrected chi connectivity index (χ2v) is 6.21. The van der Waals surface area contributed by atoms with Gasteiger partial charge in [0, 0.05) is 29.3 Å². The van der Waals surface area contributed by atoms with Crippen LogP contribution in [0.15, 0.2) is 54.2 Å². The fourth-order valence-electron chi connectivity index (χ4n) is 2.01. The Hall–Kier alpha value is -2.27. The average molecular weight is 301 g/mol. The molecule has 2 heterocycles. The van der Waals surface area contributed by atoms with Gasteiger partial charge < -0.3 is 5.21 Å². The lowest BCUT2D eigenvalue weighted by Crippen LogP contribution is -2.40. The minimum atomic E-state index is 0.127.